The molecule has 19 nitrogen and oxygen atoms in total. The molecular weight excluding hydrogens is 1150 g/mol. The third-order valence-electron chi connectivity index (χ3n) is 17.5. The number of allylic oxidation sites excluding steroid dienone is 9. The van der Waals surface area contributed by atoms with E-state index in [1.165, 1.54) is 135 Å². The Morgan fingerprint density at radius 3 is 1.24 bits per heavy atom. The molecule has 17 unspecified atom stereocenters. The van der Waals surface area contributed by atoms with E-state index in [2.05, 4.69) is 67.8 Å². The summed E-state index contributed by atoms with van der Waals surface area (Å²) in [6.45, 7) is 1.61. The maximum absolute atomic E-state index is 13.4. The first-order valence-electron chi connectivity index (χ1n) is 35.5. The number of hydrogen-bond donors (Lipinski definition) is 12. The second kappa shape index (κ2) is 52.7. The van der Waals surface area contributed by atoms with Crippen LogP contribution in [0.3, 0.4) is 0 Å². The lowest BCUT2D eigenvalue weighted by atomic mass is 9.96. The first-order chi connectivity index (χ1) is 43.8. The Balaban J connectivity index is 1.43. The zero-order chi connectivity index (χ0) is 65.4. The van der Waals surface area contributed by atoms with Gasteiger partial charge in [0.15, 0.2) is 18.9 Å². The number of nitrogens with one attached hydrogen (secondary N) is 1. The quantitative estimate of drug-likeness (QED) is 0.0199. The Kier molecular flexibility index (Phi) is 47.9. The summed E-state index contributed by atoms with van der Waals surface area (Å²) in [6, 6.07) is -0.999. The molecule has 0 aromatic heterocycles. The highest BCUT2D eigenvalue weighted by Gasteiger charge is 2.53. The van der Waals surface area contributed by atoms with Crippen LogP contribution in [0.2, 0.25) is 0 Å². The van der Waals surface area contributed by atoms with Crippen molar-refractivity contribution in [3.8, 4) is 0 Å². The molecule has 524 valence electrons. The molecule has 3 rings (SSSR count). The molecule has 3 fully saturated rings. The van der Waals surface area contributed by atoms with Crippen molar-refractivity contribution < 1.29 is 89.4 Å². The third kappa shape index (κ3) is 34.2. The van der Waals surface area contributed by atoms with Gasteiger partial charge in [0.2, 0.25) is 5.91 Å². The average molecular weight is 1280 g/mol. The van der Waals surface area contributed by atoms with Crippen LogP contribution in [-0.4, -0.2) is 193 Å². The van der Waals surface area contributed by atoms with Gasteiger partial charge in [-0.25, -0.2) is 0 Å². The van der Waals surface area contributed by atoms with E-state index in [0.717, 1.165) is 83.5 Å². The van der Waals surface area contributed by atoms with Gasteiger partial charge in [0.25, 0.3) is 0 Å². The number of rotatable bonds is 54. The Labute approximate surface area is 541 Å². The van der Waals surface area contributed by atoms with E-state index in [1.807, 2.05) is 6.08 Å². The Morgan fingerprint density at radius 2 is 0.778 bits per heavy atom. The summed E-state index contributed by atoms with van der Waals surface area (Å²) in [5, 5.41) is 120. The summed E-state index contributed by atoms with van der Waals surface area (Å²) in [6.07, 6.45) is 37.8. The summed E-state index contributed by atoms with van der Waals surface area (Å²) in [4.78, 5) is 13.4. The topological polar surface area (TPSA) is 307 Å². The summed E-state index contributed by atoms with van der Waals surface area (Å²) < 4.78 is 34.3. The summed E-state index contributed by atoms with van der Waals surface area (Å²) in [7, 11) is 0. The van der Waals surface area contributed by atoms with Gasteiger partial charge in [-0.05, 0) is 64.2 Å². The molecule has 0 aromatic rings. The smallest absolute Gasteiger partial charge is 0.220 e. The number of carbonyl (C=O) groups is 1. The third-order valence-corrected chi connectivity index (χ3v) is 17.5. The van der Waals surface area contributed by atoms with E-state index in [9.17, 15) is 61.0 Å². The van der Waals surface area contributed by atoms with Crippen LogP contribution >= 0.6 is 0 Å². The molecule has 1 amide bonds. The van der Waals surface area contributed by atoms with E-state index in [-0.39, 0.29) is 18.9 Å². The van der Waals surface area contributed by atoms with Crippen LogP contribution in [0.5, 0.6) is 0 Å². The monoisotopic (exact) mass is 1280 g/mol. The largest absolute Gasteiger partial charge is 0.394 e. The van der Waals surface area contributed by atoms with Crippen LogP contribution in [-0.2, 0) is 33.2 Å². The van der Waals surface area contributed by atoms with Crippen molar-refractivity contribution in [2.45, 2.75) is 356 Å². The minimum absolute atomic E-state index is 0.222. The molecule has 0 aromatic carbocycles. The van der Waals surface area contributed by atoms with E-state index < -0.39 is 124 Å². The van der Waals surface area contributed by atoms with Crippen LogP contribution in [0.4, 0.5) is 0 Å². The SMILES string of the molecule is CC/C=C\C/C=C\C/C=C\CCCCCCCCCC(=O)NC(COC1OC(CO)C(OC2OC(CO)C(OC3OC(CO)C(O)C(O)C3O)C(O)C2O)C(O)C1O)C(O)/C=C/CC/C=C/CCCCCCCCCCCCCCCCCCCCCCCC. The number of carbonyl (C=O) groups excluding carboxylic acids is 1. The molecule has 3 aliphatic rings. The predicted octanol–water partition coefficient (Wildman–Crippen LogP) is 9.55. The molecule has 0 saturated carbocycles. The lowest BCUT2D eigenvalue weighted by Crippen LogP contribution is -2.66. The van der Waals surface area contributed by atoms with Gasteiger partial charge in [0, 0.05) is 6.42 Å². The summed E-state index contributed by atoms with van der Waals surface area (Å²) in [5.74, 6) is -0.296. The maximum atomic E-state index is 13.4. The molecule has 3 heterocycles. The molecule has 3 aliphatic heterocycles. The zero-order valence-corrected chi connectivity index (χ0v) is 55.4. The minimum Gasteiger partial charge on any atom is -0.394 e. The van der Waals surface area contributed by atoms with Gasteiger partial charge in [0.05, 0.1) is 38.6 Å². The Hall–Kier alpha value is -2.51. The number of aliphatic hydroxyl groups excluding tert-OH is 11. The zero-order valence-electron chi connectivity index (χ0n) is 55.4. The highest BCUT2D eigenvalue weighted by atomic mass is 16.8. The van der Waals surface area contributed by atoms with Gasteiger partial charge >= 0.3 is 0 Å². The lowest BCUT2D eigenvalue weighted by molar-refractivity contribution is -0.379. The summed E-state index contributed by atoms with van der Waals surface area (Å²) in [5.41, 5.74) is 0. The van der Waals surface area contributed by atoms with Gasteiger partial charge in [-0.3, -0.25) is 4.79 Å². The maximum Gasteiger partial charge on any atom is 0.220 e. The van der Waals surface area contributed by atoms with Crippen molar-refractivity contribution in [1.29, 1.82) is 0 Å². The van der Waals surface area contributed by atoms with Gasteiger partial charge in [-0.2, -0.15) is 0 Å². The first-order valence-corrected chi connectivity index (χ1v) is 35.5. The summed E-state index contributed by atoms with van der Waals surface area (Å²) >= 11 is 0. The van der Waals surface area contributed by atoms with Gasteiger partial charge in [-0.15, -0.1) is 0 Å². The van der Waals surface area contributed by atoms with Crippen LogP contribution in [0.1, 0.15) is 251 Å². The fourth-order valence-electron chi connectivity index (χ4n) is 11.8. The van der Waals surface area contributed by atoms with E-state index in [1.54, 1.807) is 6.08 Å². The van der Waals surface area contributed by atoms with E-state index >= 15 is 0 Å². The fraction of sp³-hybridized carbons (Fsp3) is 0.845. The molecule has 0 spiro atoms. The molecule has 12 N–H and O–H groups in total. The fourth-order valence-corrected chi connectivity index (χ4v) is 11.8. The Bertz CT molecular complexity index is 1870. The number of unbranched alkanes of at least 4 members (excludes halogenated alkanes) is 30. The molecule has 17 atom stereocenters. The van der Waals surface area contributed by atoms with Crippen LogP contribution in [0.15, 0.2) is 60.8 Å². The highest BCUT2D eigenvalue weighted by Crippen LogP contribution is 2.33. The molecule has 3 saturated heterocycles. The van der Waals surface area contributed by atoms with E-state index in [4.69, 9.17) is 28.4 Å². The van der Waals surface area contributed by atoms with Crippen molar-refractivity contribution in [2.75, 3.05) is 26.4 Å². The first kappa shape index (κ1) is 81.7. The number of amides is 1. The Morgan fingerprint density at radius 1 is 0.411 bits per heavy atom. The van der Waals surface area contributed by atoms with Gasteiger partial charge in [-0.1, -0.05) is 242 Å². The highest BCUT2D eigenvalue weighted by molar-refractivity contribution is 5.76. The van der Waals surface area contributed by atoms with Crippen LogP contribution < -0.4 is 5.32 Å². The van der Waals surface area contributed by atoms with Crippen molar-refractivity contribution in [3.63, 3.8) is 0 Å². The standard InChI is InChI=1S/C71H127NO18/c1-3-5-7-9-11-13-15-17-19-21-22-23-24-25-26-27-28-29-30-31-33-34-36-38-40-42-44-46-48-55(76)54(72-59(77)49-47-45-43-41-39-37-35-32-20-18-16-14-12-10-8-6-4-2)53-85-69-65(83)62(80)67(57(51-74)87-69)90-71-66(84)63(81)68(58(52-75)88-71)89-70-64(82)61(79)60(78)56(50-73)86-70/h6,8,12,14,18,20,38,40,46,48,54-58,60-71,73-76,78-84H,3-5,7,9-11,13,15-17,19,21-37,39,41-45,47,49-53H2,1-2H3,(H,72,77)/b8-6-,14-12-,20-18-,40-38+,48-46+. The number of ether oxygens (including phenoxy) is 6. The molecular formula is C71H127NO18. The second-order valence-corrected chi connectivity index (χ2v) is 25.3. The van der Waals surface area contributed by atoms with Crippen LogP contribution in [0.25, 0.3) is 0 Å². The van der Waals surface area contributed by atoms with Crippen molar-refractivity contribution >= 4 is 5.91 Å². The van der Waals surface area contributed by atoms with Gasteiger partial charge < -0.3 is 89.9 Å². The second-order valence-electron chi connectivity index (χ2n) is 25.3. The molecule has 0 radical (unpaired) electrons. The normalized spacial score (nSPS) is 28.4. The molecule has 0 bridgehead atoms. The molecule has 90 heavy (non-hydrogen) atoms. The lowest BCUT2D eigenvalue weighted by Gasteiger charge is -2.48. The van der Waals surface area contributed by atoms with Crippen molar-refractivity contribution in [2.24, 2.45) is 0 Å². The van der Waals surface area contributed by atoms with Crippen molar-refractivity contribution in [1.82, 2.24) is 5.32 Å². The van der Waals surface area contributed by atoms with Crippen molar-refractivity contribution in [3.05, 3.63) is 60.8 Å². The van der Waals surface area contributed by atoms with E-state index in [0.29, 0.717) is 12.8 Å². The average Bonchev–Trinajstić information content (AvgIpc) is 0.847. The predicted molar refractivity (Wildman–Crippen MR) is 351 cm³/mol. The molecule has 0 aliphatic carbocycles. The minimum atomic E-state index is -1.98. The van der Waals surface area contributed by atoms with Gasteiger partial charge in [0.1, 0.15) is 73.2 Å². The number of aliphatic hydroxyl groups is 11. The van der Waals surface area contributed by atoms with Crippen LogP contribution in [0, 0.1) is 0 Å². The number of hydrogen-bond acceptors (Lipinski definition) is 18. The molecule has 19 heteroatoms.